The number of nitrogens with zero attached hydrogens (tertiary/aromatic N) is 3. The van der Waals surface area contributed by atoms with E-state index < -0.39 is 0 Å². The Hall–Kier alpha value is -2.93. The van der Waals surface area contributed by atoms with Crippen molar-refractivity contribution < 1.29 is 13.9 Å². The van der Waals surface area contributed by atoms with Gasteiger partial charge in [-0.15, -0.1) is 0 Å². The summed E-state index contributed by atoms with van der Waals surface area (Å²) in [5, 5.41) is 4.15. The van der Waals surface area contributed by atoms with Gasteiger partial charge in [0.2, 0.25) is 5.71 Å². The highest BCUT2D eigenvalue weighted by molar-refractivity contribution is 5.89. The lowest BCUT2D eigenvalue weighted by atomic mass is 10.1. The van der Waals surface area contributed by atoms with E-state index in [2.05, 4.69) is 15.3 Å². The molecule has 3 aromatic rings. The minimum absolute atomic E-state index is 0.0178. The first-order valence-electron chi connectivity index (χ1n) is 9.02. The van der Waals surface area contributed by atoms with Crippen LogP contribution in [-0.2, 0) is 9.53 Å². The van der Waals surface area contributed by atoms with E-state index in [1.165, 1.54) is 6.33 Å². The van der Waals surface area contributed by atoms with Crippen molar-refractivity contribution in [1.29, 1.82) is 0 Å². The van der Waals surface area contributed by atoms with Crippen molar-refractivity contribution >= 4 is 22.8 Å². The molecule has 1 aromatic carbocycles. The molecule has 0 spiro atoms. The topological polar surface area (TPSA) is 80.5 Å². The van der Waals surface area contributed by atoms with Crippen LogP contribution in [0.5, 0.6) is 0 Å². The molecule has 0 radical (unpaired) electrons. The molecule has 1 amide bonds. The third-order valence-corrected chi connectivity index (χ3v) is 4.71. The molecule has 1 fully saturated rings. The summed E-state index contributed by atoms with van der Waals surface area (Å²) in [7, 11) is 3.50. The zero-order chi connectivity index (χ0) is 18.8. The summed E-state index contributed by atoms with van der Waals surface area (Å²) in [6.45, 7) is 0.579. The fraction of sp³-hybridized carbons (Fsp3) is 0.350. The monoisotopic (exact) mass is 366 g/mol. The number of aromatic nitrogens is 2. The summed E-state index contributed by atoms with van der Waals surface area (Å²) in [6.07, 6.45) is 2.69. The van der Waals surface area contributed by atoms with Crippen molar-refractivity contribution in [3.8, 4) is 11.3 Å². The summed E-state index contributed by atoms with van der Waals surface area (Å²) in [4.78, 5) is 22.2. The Morgan fingerprint density at radius 3 is 2.81 bits per heavy atom. The van der Waals surface area contributed by atoms with Crippen molar-refractivity contribution in [2.24, 2.45) is 0 Å². The molecule has 0 bridgehead atoms. The van der Waals surface area contributed by atoms with E-state index in [0.717, 1.165) is 29.6 Å². The maximum absolute atomic E-state index is 12.0. The van der Waals surface area contributed by atoms with E-state index >= 15 is 0 Å². The highest BCUT2D eigenvalue weighted by atomic mass is 16.5. The molecular weight excluding hydrogens is 344 g/mol. The third kappa shape index (κ3) is 3.64. The Balaban J connectivity index is 1.47. The molecule has 7 heteroatoms. The second kappa shape index (κ2) is 7.36. The minimum Gasteiger partial charge on any atom is -0.438 e. The van der Waals surface area contributed by atoms with Crippen molar-refractivity contribution in [2.45, 2.75) is 25.0 Å². The number of hydrogen-bond donors (Lipinski definition) is 1. The van der Waals surface area contributed by atoms with Crippen LogP contribution in [0.1, 0.15) is 12.8 Å². The van der Waals surface area contributed by atoms with E-state index in [1.54, 1.807) is 19.0 Å². The van der Waals surface area contributed by atoms with E-state index in [9.17, 15) is 4.79 Å². The van der Waals surface area contributed by atoms with Gasteiger partial charge in [-0.3, -0.25) is 4.79 Å². The van der Waals surface area contributed by atoms with Crippen LogP contribution in [0.25, 0.3) is 22.4 Å². The van der Waals surface area contributed by atoms with Gasteiger partial charge in [0.15, 0.2) is 0 Å². The number of nitrogens with one attached hydrogen (secondary N) is 1. The zero-order valence-electron chi connectivity index (χ0n) is 15.4. The number of benzene rings is 1. The Kier molecular flexibility index (Phi) is 4.77. The molecule has 1 N–H and O–H groups in total. The first kappa shape index (κ1) is 17.5. The van der Waals surface area contributed by atoms with Gasteiger partial charge in [-0.1, -0.05) is 30.3 Å². The summed E-state index contributed by atoms with van der Waals surface area (Å²) in [5.74, 6) is 1.48. The minimum atomic E-state index is -0.351. The molecule has 27 heavy (non-hydrogen) atoms. The molecule has 0 aliphatic carbocycles. The van der Waals surface area contributed by atoms with Crippen molar-refractivity contribution in [3.63, 3.8) is 0 Å². The van der Waals surface area contributed by atoms with Crippen molar-refractivity contribution in [1.82, 2.24) is 14.9 Å². The Labute approximate surface area is 157 Å². The van der Waals surface area contributed by atoms with Gasteiger partial charge in [-0.25, -0.2) is 9.97 Å². The molecule has 1 aliphatic rings. The number of furan rings is 1. The highest BCUT2D eigenvalue weighted by Gasteiger charge is 2.31. The normalized spacial score (nSPS) is 19.3. The Bertz CT molecular complexity index is 939. The molecule has 1 saturated heterocycles. The maximum atomic E-state index is 12.0. The zero-order valence-corrected chi connectivity index (χ0v) is 15.4. The number of carbonyl (C=O) groups is 1. The van der Waals surface area contributed by atoms with Crippen LogP contribution in [0.3, 0.4) is 0 Å². The molecule has 3 heterocycles. The second-order valence-electron chi connectivity index (χ2n) is 6.86. The van der Waals surface area contributed by atoms with Gasteiger partial charge < -0.3 is 19.4 Å². The molecule has 4 rings (SSSR count). The molecule has 140 valence electrons. The van der Waals surface area contributed by atoms with Gasteiger partial charge in [0.25, 0.3) is 5.91 Å². The van der Waals surface area contributed by atoms with E-state index in [1.807, 2.05) is 36.4 Å². The quantitative estimate of drug-likeness (QED) is 0.748. The number of amides is 1. The van der Waals surface area contributed by atoms with Crippen LogP contribution in [0.15, 0.2) is 47.1 Å². The molecular formula is C20H22N4O3. The number of anilines is 1. The second-order valence-corrected chi connectivity index (χ2v) is 6.86. The standard InChI is InChI=1S/C20H22N4O3/c1-24(2)20(25)16-9-8-14(26-16)11-21-18-15-10-17(13-6-4-3-5-7-13)27-19(15)23-12-22-18/h3-7,10,12,14,16H,8-9,11H2,1-2H3,(H,21,22,23). The van der Waals surface area contributed by atoms with Crippen LogP contribution in [0.4, 0.5) is 5.82 Å². The molecule has 1 aliphatic heterocycles. The molecule has 2 unspecified atom stereocenters. The highest BCUT2D eigenvalue weighted by Crippen LogP contribution is 2.30. The summed E-state index contributed by atoms with van der Waals surface area (Å²) >= 11 is 0. The average Bonchev–Trinajstić information content (AvgIpc) is 3.33. The van der Waals surface area contributed by atoms with E-state index in [0.29, 0.717) is 18.1 Å². The van der Waals surface area contributed by atoms with Crippen LogP contribution < -0.4 is 5.32 Å². The predicted octanol–water partition coefficient (Wildman–Crippen LogP) is 2.94. The third-order valence-electron chi connectivity index (χ3n) is 4.71. The number of hydrogen-bond acceptors (Lipinski definition) is 6. The van der Waals surface area contributed by atoms with Gasteiger partial charge >= 0.3 is 0 Å². The predicted molar refractivity (Wildman–Crippen MR) is 102 cm³/mol. The summed E-state index contributed by atoms with van der Waals surface area (Å²) in [5.41, 5.74) is 1.53. The van der Waals surface area contributed by atoms with Crippen LogP contribution in [0, 0.1) is 0 Å². The molecule has 7 nitrogen and oxygen atoms in total. The molecule has 0 saturated carbocycles. The van der Waals surface area contributed by atoms with Crippen LogP contribution >= 0.6 is 0 Å². The maximum Gasteiger partial charge on any atom is 0.251 e. The fourth-order valence-electron chi connectivity index (χ4n) is 3.28. The summed E-state index contributed by atoms with van der Waals surface area (Å²) in [6, 6.07) is 11.8. The van der Waals surface area contributed by atoms with Crippen molar-refractivity contribution in [2.75, 3.05) is 26.0 Å². The van der Waals surface area contributed by atoms with Crippen molar-refractivity contribution in [3.05, 3.63) is 42.7 Å². The van der Waals surface area contributed by atoms with Crippen LogP contribution in [-0.4, -0.2) is 53.6 Å². The van der Waals surface area contributed by atoms with Gasteiger partial charge in [0.05, 0.1) is 11.5 Å². The smallest absolute Gasteiger partial charge is 0.251 e. The van der Waals surface area contributed by atoms with Gasteiger partial charge in [0.1, 0.15) is 24.0 Å². The van der Waals surface area contributed by atoms with Crippen LogP contribution in [0.2, 0.25) is 0 Å². The SMILES string of the molecule is CN(C)C(=O)C1CCC(CNc2ncnc3oc(-c4ccccc4)cc23)O1. The Morgan fingerprint density at radius 1 is 1.22 bits per heavy atom. The van der Waals surface area contributed by atoms with Gasteiger partial charge in [0, 0.05) is 26.2 Å². The lowest BCUT2D eigenvalue weighted by molar-refractivity contribution is -0.140. The largest absolute Gasteiger partial charge is 0.438 e. The first-order chi connectivity index (χ1) is 13.1. The van der Waals surface area contributed by atoms with E-state index in [4.69, 9.17) is 9.15 Å². The summed E-state index contributed by atoms with van der Waals surface area (Å²) < 4.78 is 11.7. The van der Waals surface area contributed by atoms with Gasteiger partial charge in [-0.2, -0.15) is 0 Å². The van der Waals surface area contributed by atoms with E-state index in [-0.39, 0.29) is 18.1 Å². The number of likely N-dealkylation sites (N-methyl/N-ethyl adjacent to an activating group) is 1. The number of rotatable bonds is 5. The Morgan fingerprint density at radius 2 is 2.04 bits per heavy atom. The average molecular weight is 366 g/mol. The number of fused-ring (bicyclic) bond motifs is 1. The lowest BCUT2D eigenvalue weighted by Gasteiger charge is -2.17. The fourth-order valence-corrected chi connectivity index (χ4v) is 3.28. The first-order valence-corrected chi connectivity index (χ1v) is 9.02. The molecule has 2 atom stereocenters. The van der Waals surface area contributed by atoms with Gasteiger partial charge in [-0.05, 0) is 18.9 Å². The number of ether oxygens (including phenoxy) is 1. The number of carbonyl (C=O) groups excluding carboxylic acids is 1. The lowest BCUT2D eigenvalue weighted by Crippen LogP contribution is -2.34. The molecule has 2 aromatic heterocycles.